The van der Waals surface area contributed by atoms with Crippen LogP contribution in [0.2, 0.25) is 0 Å². The Morgan fingerprint density at radius 1 is 0.848 bits per heavy atom. The SMILES string of the molecule is CCC(C)C(NC(=O)C(N)CC(=O)O)C(=O)NC(CCSC)C(=O)NC(CCSC)C(=O)O. The molecule has 0 aromatic carbocycles. The number of aliphatic carboxylic acids is 2. The van der Waals surface area contributed by atoms with Crippen molar-refractivity contribution in [3.63, 3.8) is 0 Å². The minimum absolute atomic E-state index is 0.235. The second kappa shape index (κ2) is 16.6. The van der Waals surface area contributed by atoms with Gasteiger partial charge in [-0.2, -0.15) is 23.5 Å². The Bertz CT molecular complexity index is 681. The van der Waals surface area contributed by atoms with Crippen molar-refractivity contribution < 1.29 is 34.2 Å². The average Bonchev–Trinajstić information content (AvgIpc) is 2.75. The maximum Gasteiger partial charge on any atom is 0.326 e. The molecule has 7 N–H and O–H groups in total. The Morgan fingerprint density at radius 3 is 1.82 bits per heavy atom. The van der Waals surface area contributed by atoms with E-state index in [1.807, 2.05) is 19.4 Å². The van der Waals surface area contributed by atoms with Crippen molar-refractivity contribution in [2.45, 2.75) is 63.7 Å². The first kappa shape index (κ1) is 31.0. The van der Waals surface area contributed by atoms with Gasteiger partial charge in [0.25, 0.3) is 0 Å². The molecule has 0 aromatic rings. The molecule has 13 heteroatoms. The molecule has 0 fully saturated rings. The number of thioether (sulfide) groups is 2. The molecule has 190 valence electrons. The number of carbonyl (C=O) groups is 5. The van der Waals surface area contributed by atoms with Gasteiger partial charge in [0.1, 0.15) is 18.1 Å². The van der Waals surface area contributed by atoms with Crippen LogP contribution in [0.1, 0.15) is 39.5 Å². The predicted octanol–water partition coefficient (Wildman–Crippen LogP) is -0.120. The molecule has 0 aliphatic carbocycles. The molecular formula is C20H36N4O7S2. The van der Waals surface area contributed by atoms with E-state index in [2.05, 4.69) is 16.0 Å². The van der Waals surface area contributed by atoms with Crippen LogP contribution >= 0.6 is 23.5 Å². The first-order valence-corrected chi connectivity index (χ1v) is 13.4. The van der Waals surface area contributed by atoms with E-state index in [0.29, 0.717) is 17.9 Å². The lowest BCUT2D eigenvalue weighted by atomic mass is 9.97. The highest BCUT2D eigenvalue weighted by molar-refractivity contribution is 7.98. The quantitative estimate of drug-likeness (QED) is 0.154. The van der Waals surface area contributed by atoms with Crippen molar-refractivity contribution in [3.8, 4) is 0 Å². The molecule has 11 nitrogen and oxygen atoms in total. The van der Waals surface area contributed by atoms with Gasteiger partial charge in [0.05, 0.1) is 12.5 Å². The van der Waals surface area contributed by atoms with Gasteiger partial charge in [-0.05, 0) is 42.8 Å². The molecule has 5 unspecified atom stereocenters. The van der Waals surface area contributed by atoms with Gasteiger partial charge in [-0.1, -0.05) is 20.3 Å². The number of hydrogen-bond acceptors (Lipinski definition) is 8. The van der Waals surface area contributed by atoms with E-state index in [-0.39, 0.29) is 18.8 Å². The average molecular weight is 509 g/mol. The largest absolute Gasteiger partial charge is 0.481 e. The molecule has 0 spiro atoms. The summed E-state index contributed by atoms with van der Waals surface area (Å²) in [6.45, 7) is 3.54. The molecule has 33 heavy (non-hydrogen) atoms. The Hall–Kier alpha value is -1.99. The smallest absolute Gasteiger partial charge is 0.326 e. The summed E-state index contributed by atoms with van der Waals surface area (Å²) < 4.78 is 0. The lowest BCUT2D eigenvalue weighted by molar-refractivity contribution is -0.142. The van der Waals surface area contributed by atoms with E-state index in [1.54, 1.807) is 6.92 Å². The number of hydrogen-bond donors (Lipinski definition) is 6. The van der Waals surface area contributed by atoms with Crippen molar-refractivity contribution in [3.05, 3.63) is 0 Å². The third-order valence-corrected chi connectivity index (χ3v) is 6.28. The fourth-order valence-electron chi connectivity index (χ4n) is 2.77. The molecule has 0 saturated carbocycles. The number of carbonyl (C=O) groups excluding carboxylic acids is 3. The summed E-state index contributed by atoms with van der Waals surface area (Å²) in [6, 6.07) is -4.46. The normalized spacial score (nSPS) is 15.4. The van der Waals surface area contributed by atoms with Gasteiger partial charge >= 0.3 is 11.9 Å². The maximum absolute atomic E-state index is 13.0. The van der Waals surface area contributed by atoms with Gasteiger partial charge < -0.3 is 31.9 Å². The third-order valence-electron chi connectivity index (χ3n) is 4.99. The number of nitrogens with one attached hydrogen (secondary N) is 3. The molecule has 0 aliphatic rings. The number of carboxylic acid groups (broad SMARTS) is 2. The number of rotatable bonds is 17. The van der Waals surface area contributed by atoms with Crippen LogP contribution in [0.15, 0.2) is 0 Å². The monoisotopic (exact) mass is 508 g/mol. The fraction of sp³-hybridized carbons (Fsp3) is 0.750. The van der Waals surface area contributed by atoms with Crippen molar-refractivity contribution in [1.82, 2.24) is 16.0 Å². The van der Waals surface area contributed by atoms with E-state index in [1.165, 1.54) is 23.5 Å². The van der Waals surface area contributed by atoms with Gasteiger partial charge in [-0.3, -0.25) is 19.2 Å². The molecule has 0 rings (SSSR count). The van der Waals surface area contributed by atoms with Crippen molar-refractivity contribution >= 4 is 53.2 Å². The van der Waals surface area contributed by atoms with Crippen LogP contribution in [0.25, 0.3) is 0 Å². The molecule has 0 heterocycles. The third kappa shape index (κ3) is 12.2. The van der Waals surface area contributed by atoms with E-state index in [9.17, 15) is 29.1 Å². The Labute approximate surface area is 202 Å². The number of nitrogens with two attached hydrogens (primary N) is 1. The summed E-state index contributed by atoms with van der Waals surface area (Å²) >= 11 is 2.91. The van der Waals surface area contributed by atoms with Crippen LogP contribution in [0, 0.1) is 5.92 Å². The van der Waals surface area contributed by atoms with Crippen molar-refractivity contribution in [1.29, 1.82) is 0 Å². The molecular weight excluding hydrogens is 472 g/mol. The van der Waals surface area contributed by atoms with E-state index < -0.39 is 60.2 Å². The summed E-state index contributed by atoms with van der Waals surface area (Å²) in [5, 5.41) is 25.8. The Kier molecular flexibility index (Phi) is 15.6. The minimum atomic E-state index is -1.33. The van der Waals surface area contributed by atoms with E-state index in [4.69, 9.17) is 10.8 Å². The standard InChI is InChI=1S/C20H36N4O7S2/c1-5-11(2)16(24-17(27)12(21)10-15(25)26)19(29)22-13(6-8-32-3)18(28)23-14(20(30)31)7-9-33-4/h11-14,16H,5-10,21H2,1-4H3,(H,22,29)(H,23,28)(H,24,27)(H,25,26)(H,30,31). The lowest BCUT2D eigenvalue weighted by Crippen LogP contribution is -2.58. The summed E-state index contributed by atoms with van der Waals surface area (Å²) in [5.74, 6) is -3.70. The van der Waals surface area contributed by atoms with Gasteiger partial charge in [0.15, 0.2) is 0 Å². The highest BCUT2D eigenvalue weighted by Gasteiger charge is 2.32. The van der Waals surface area contributed by atoms with E-state index >= 15 is 0 Å². The Balaban J connectivity index is 5.48. The summed E-state index contributed by atoms with van der Waals surface area (Å²) in [6.07, 6.45) is 4.08. The molecule has 3 amide bonds. The van der Waals surface area contributed by atoms with Crippen molar-refractivity contribution in [2.75, 3.05) is 24.0 Å². The number of amides is 3. The van der Waals surface area contributed by atoms with Crippen LogP contribution in [0.3, 0.4) is 0 Å². The van der Waals surface area contributed by atoms with E-state index in [0.717, 1.165) is 0 Å². The minimum Gasteiger partial charge on any atom is -0.481 e. The van der Waals surface area contributed by atoms with Gasteiger partial charge in [0, 0.05) is 0 Å². The fourth-order valence-corrected chi connectivity index (χ4v) is 3.72. The predicted molar refractivity (Wildman–Crippen MR) is 129 cm³/mol. The van der Waals surface area contributed by atoms with Gasteiger partial charge in [0.2, 0.25) is 17.7 Å². The zero-order valence-corrected chi connectivity index (χ0v) is 21.1. The lowest BCUT2D eigenvalue weighted by Gasteiger charge is -2.27. The first-order chi connectivity index (χ1) is 15.5. The zero-order valence-electron chi connectivity index (χ0n) is 19.5. The van der Waals surface area contributed by atoms with Crippen LogP contribution in [0.5, 0.6) is 0 Å². The van der Waals surface area contributed by atoms with Gasteiger partial charge in [-0.25, -0.2) is 4.79 Å². The highest BCUT2D eigenvalue weighted by atomic mass is 32.2. The summed E-state index contributed by atoms with van der Waals surface area (Å²) in [7, 11) is 0. The van der Waals surface area contributed by atoms with Crippen LogP contribution < -0.4 is 21.7 Å². The number of carboxylic acids is 2. The first-order valence-electron chi connectivity index (χ1n) is 10.6. The Morgan fingerprint density at radius 2 is 1.36 bits per heavy atom. The van der Waals surface area contributed by atoms with Crippen LogP contribution in [-0.2, 0) is 24.0 Å². The molecule has 0 bridgehead atoms. The topological polar surface area (TPSA) is 188 Å². The second-order valence-corrected chi connectivity index (χ2v) is 9.57. The van der Waals surface area contributed by atoms with Crippen LogP contribution in [0.4, 0.5) is 0 Å². The van der Waals surface area contributed by atoms with Crippen LogP contribution in [-0.4, -0.2) is 88.1 Å². The molecule has 0 saturated heterocycles. The van der Waals surface area contributed by atoms with Crippen molar-refractivity contribution in [2.24, 2.45) is 11.7 Å². The molecule has 0 aliphatic heterocycles. The summed E-state index contributed by atoms with van der Waals surface area (Å²) in [4.78, 5) is 60.4. The zero-order chi connectivity index (χ0) is 25.6. The van der Waals surface area contributed by atoms with Gasteiger partial charge in [-0.15, -0.1) is 0 Å². The molecule has 0 aromatic heterocycles. The molecule has 0 radical (unpaired) electrons. The molecule has 5 atom stereocenters. The summed E-state index contributed by atoms with van der Waals surface area (Å²) in [5.41, 5.74) is 5.60. The highest BCUT2D eigenvalue weighted by Crippen LogP contribution is 2.11. The second-order valence-electron chi connectivity index (χ2n) is 7.60. The maximum atomic E-state index is 13.0.